The molecule has 0 saturated heterocycles. The van der Waals surface area contributed by atoms with Crippen molar-refractivity contribution in [1.29, 1.82) is 0 Å². The lowest BCUT2D eigenvalue weighted by atomic mass is 9.91. The van der Waals surface area contributed by atoms with Crippen LogP contribution < -0.4 is 5.32 Å². The van der Waals surface area contributed by atoms with Crippen LogP contribution in [-0.2, 0) is 22.1 Å². The van der Waals surface area contributed by atoms with Crippen molar-refractivity contribution in [3.63, 3.8) is 0 Å². The SMILES string of the molecule is CCCCC(CC)CCc1ccc(-c2ccc(CNCCCO[PH](=O)O)c3ncccc23)cc1. The van der Waals surface area contributed by atoms with Crippen molar-refractivity contribution >= 4 is 19.2 Å². The summed E-state index contributed by atoms with van der Waals surface area (Å²) in [5.41, 5.74) is 5.99. The summed E-state index contributed by atoms with van der Waals surface area (Å²) in [5, 5.41) is 4.54. The van der Waals surface area contributed by atoms with Crippen molar-refractivity contribution in [3.05, 3.63) is 65.9 Å². The number of hydrogen-bond donors (Lipinski definition) is 2. The molecule has 34 heavy (non-hydrogen) atoms. The zero-order valence-corrected chi connectivity index (χ0v) is 21.6. The summed E-state index contributed by atoms with van der Waals surface area (Å²) in [6.07, 6.45) is 10.2. The third-order valence-electron chi connectivity index (χ3n) is 6.54. The van der Waals surface area contributed by atoms with E-state index in [0.29, 0.717) is 19.5 Å². The second kappa shape index (κ2) is 14.4. The molecule has 1 aromatic heterocycles. The van der Waals surface area contributed by atoms with Crippen LogP contribution in [0.25, 0.3) is 22.0 Å². The summed E-state index contributed by atoms with van der Waals surface area (Å²) in [6.45, 7) is 6.28. The molecule has 0 spiro atoms. The molecule has 0 fully saturated rings. The lowest BCUT2D eigenvalue weighted by molar-refractivity contribution is 0.276. The Kier molecular flexibility index (Phi) is 11.2. The largest absolute Gasteiger partial charge is 0.326 e. The monoisotopic (exact) mass is 482 g/mol. The second-order valence-corrected chi connectivity index (χ2v) is 9.79. The highest BCUT2D eigenvalue weighted by Gasteiger charge is 2.10. The molecule has 1 heterocycles. The average Bonchev–Trinajstić information content (AvgIpc) is 2.86. The zero-order valence-electron chi connectivity index (χ0n) is 20.6. The molecular weight excluding hydrogens is 443 g/mol. The van der Waals surface area contributed by atoms with E-state index in [0.717, 1.165) is 28.8 Å². The van der Waals surface area contributed by atoms with E-state index >= 15 is 0 Å². The van der Waals surface area contributed by atoms with Gasteiger partial charge in [0.2, 0.25) is 0 Å². The Balaban J connectivity index is 1.65. The molecule has 0 aliphatic heterocycles. The minimum absolute atomic E-state index is 0.285. The Morgan fingerprint density at radius 1 is 1.06 bits per heavy atom. The fraction of sp³-hybridized carbons (Fsp3) is 0.464. The number of nitrogens with zero attached hydrogens (tertiary/aromatic N) is 1. The summed E-state index contributed by atoms with van der Waals surface area (Å²) in [7, 11) is -2.84. The Bertz CT molecular complexity index is 1040. The number of hydrogen-bond acceptors (Lipinski definition) is 4. The summed E-state index contributed by atoms with van der Waals surface area (Å²) in [6, 6.07) is 17.5. The van der Waals surface area contributed by atoms with Crippen molar-refractivity contribution < 1.29 is 14.0 Å². The molecule has 3 rings (SSSR count). The lowest BCUT2D eigenvalue weighted by Gasteiger charge is -2.15. The van der Waals surface area contributed by atoms with Gasteiger partial charge >= 0.3 is 8.25 Å². The van der Waals surface area contributed by atoms with E-state index in [1.165, 1.54) is 48.8 Å². The molecule has 5 nitrogen and oxygen atoms in total. The first-order valence-electron chi connectivity index (χ1n) is 12.6. The van der Waals surface area contributed by atoms with Crippen LogP contribution in [0.4, 0.5) is 0 Å². The van der Waals surface area contributed by atoms with Crippen molar-refractivity contribution in [3.8, 4) is 11.1 Å². The fourth-order valence-corrected chi connectivity index (χ4v) is 4.79. The summed E-state index contributed by atoms with van der Waals surface area (Å²) in [4.78, 5) is 13.4. The highest BCUT2D eigenvalue weighted by Crippen LogP contribution is 2.30. The molecule has 2 unspecified atom stereocenters. The van der Waals surface area contributed by atoms with Crippen LogP contribution in [-0.4, -0.2) is 23.0 Å². The Hall–Kier alpha value is -2.04. The highest BCUT2D eigenvalue weighted by molar-refractivity contribution is 7.32. The predicted molar refractivity (Wildman–Crippen MR) is 142 cm³/mol. The van der Waals surface area contributed by atoms with Gasteiger partial charge < -0.3 is 14.7 Å². The van der Waals surface area contributed by atoms with E-state index in [1.54, 1.807) is 0 Å². The lowest BCUT2D eigenvalue weighted by Crippen LogP contribution is -2.16. The van der Waals surface area contributed by atoms with Crippen LogP contribution in [0.2, 0.25) is 0 Å². The smallest absolute Gasteiger partial charge is 0.316 e. The van der Waals surface area contributed by atoms with Crippen LogP contribution in [0.15, 0.2) is 54.7 Å². The highest BCUT2D eigenvalue weighted by atomic mass is 31.1. The molecule has 0 aliphatic carbocycles. The topological polar surface area (TPSA) is 71.5 Å². The van der Waals surface area contributed by atoms with Crippen molar-refractivity contribution in [2.75, 3.05) is 13.2 Å². The van der Waals surface area contributed by atoms with Gasteiger partial charge in [-0.25, -0.2) is 0 Å². The van der Waals surface area contributed by atoms with E-state index in [1.807, 2.05) is 12.3 Å². The van der Waals surface area contributed by atoms with Gasteiger partial charge in [-0.15, -0.1) is 0 Å². The van der Waals surface area contributed by atoms with Crippen LogP contribution in [0.5, 0.6) is 0 Å². The van der Waals surface area contributed by atoms with Crippen LogP contribution in [0.3, 0.4) is 0 Å². The third kappa shape index (κ3) is 8.02. The summed E-state index contributed by atoms with van der Waals surface area (Å²) >= 11 is 0. The first kappa shape index (κ1) is 26.6. The molecule has 184 valence electrons. The normalized spacial score (nSPS) is 13.3. The zero-order chi connectivity index (χ0) is 24.2. The molecule has 2 N–H and O–H groups in total. The van der Waals surface area contributed by atoms with E-state index in [4.69, 9.17) is 9.42 Å². The average molecular weight is 483 g/mol. The van der Waals surface area contributed by atoms with Gasteiger partial charge in [-0.3, -0.25) is 9.55 Å². The molecule has 3 aromatic rings. The van der Waals surface area contributed by atoms with E-state index in [2.05, 4.69) is 66.6 Å². The maximum atomic E-state index is 10.6. The van der Waals surface area contributed by atoms with Gasteiger partial charge in [-0.05, 0) is 60.0 Å². The van der Waals surface area contributed by atoms with Crippen LogP contribution >= 0.6 is 8.25 Å². The number of aryl methyl sites for hydroxylation is 1. The first-order chi connectivity index (χ1) is 16.6. The molecule has 2 atom stereocenters. The number of fused-ring (bicyclic) bond motifs is 1. The number of rotatable bonds is 15. The van der Waals surface area contributed by atoms with E-state index in [-0.39, 0.29) is 6.61 Å². The molecule has 0 amide bonds. The number of pyridine rings is 1. The van der Waals surface area contributed by atoms with Gasteiger partial charge in [-0.1, -0.05) is 82.0 Å². The summed E-state index contributed by atoms with van der Waals surface area (Å²) in [5.74, 6) is 0.836. The van der Waals surface area contributed by atoms with E-state index < -0.39 is 8.25 Å². The second-order valence-electron chi connectivity index (χ2n) is 8.97. The predicted octanol–water partition coefficient (Wildman–Crippen LogP) is 6.93. The number of nitrogens with one attached hydrogen (secondary N) is 1. The van der Waals surface area contributed by atoms with Crippen molar-refractivity contribution in [2.24, 2.45) is 5.92 Å². The first-order valence-corrected chi connectivity index (χ1v) is 13.9. The van der Waals surface area contributed by atoms with Crippen LogP contribution in [0.1, 0.15) is 63.5 Å². The fourth-order valence-electron chi connectivity index (χ4n) is 4.47. The third-order valence-corrected chi connectivity index (χ3v) is 6.99. The standard InChI is InChI=1S/C28H39N2O3P/c1-3-5-8-22(4-2)10-11-23-12-14-24(15-13-23)26-17-16-25(28-27(26)9-6-19-30-28)21-29-18-7-20-33-34(31)32/h6,9,12-17,19,22,29,34H,3-5,7-8,10-11,18,20-21H2,1-2H3,(H,31,32). The summed E-state index contributed by atoms with van der Waals surface area (Å²) < 4.78 is 15.3. The van der Waals surface area contributed by atoms with Gasteiger partial charge in [0.15, 0.2) is 0 Å². The van der Waals surface area contributed by atoms with Gasteiger partial charge in [0.05, 0.1) is 12.1 Å². The molecule has 0 bridgehead atoms. The maximum Gasteiger partial charge on any atom is 0.316 e. The quantitative estimate of drug-likeness (QED) is 0.182. The molecule has 0 radical (unpaired) electrons. The minimum Gasteiger partial charge on any atom is -0.326 e. The van der Waals surface area contributed by atoms with Gasteiger partial charge in [0.1, 0.15) is 0 Å². The Morgan fingerprint density at radius 2 is 1.88 bits per heavy atom. The number of aromatic nitrogens is 1. The Morgan fingerprint density at radius 3 is 2.62 bits per heavy atom. The van der Waals surface area contributed by atoms with Crippen LogP contribution in [0, 0.1) is 5.92 Å². The molecule has 0 aliphatic rings. The molecule has 0 saturated carbocycles. The number of benzene rings is 2. The minimum atomic E-state index is -2.84. The van der Waals surface area contributed by atoms with Crippen molar-refractivity contribution in [2.45, 2.75) is 65.3 Å². The van der Waals surface area contributed by atoms with Crippen molar-refractivity contribution in [1.82, 2.24) is 10.3 Å². The molecule has 2 aromatic carbocycles. The van der Waals surface area contributed by atoms with E-state index in [9.17, 15) is 4.57 Å². The molecular formula is C28H39N2O3P. The van der Waals surface area contributed by atoms with Gasteiger partial charge in [-0.2, -0.15) is 0 Å². The number of unbranched alkanes of at least 4 members (excludes halogenated alkanes) is 1. The van der Waals surface area contributed by atoms with Gasteiger partial charge in [0, 0.05) is 18.1 Å². The molecule has 6 heteroatoms. The Labute approximate surface area is 204 Å². The maximum absolute atomic E-state index is 10.6. The van der Waals surface area contributed by atoms with Gasteiger partial charge in [0.25, 0.3) is 0 Å².